The third-order valence-corrected chi connectivity index (χ3v) is 7.21. The number of rotatable bonds is 3. The summed E-state index contributed by atoms with van der Waals surface area (Å²) in [7, 11) is -3.70. The van der Waals surface area contributed by atoms with E-state index < -0.39 is 10.0 Å². The van der Waals surface area contributed by atoms with Gasteiger partial charge in [0.2, 0.25) is 0 Å². The number of nitrogens with zero attached hydrogens (tertiary/aromatic N) is 2. The maximum atomic E-state index is 13.1. The first-order chi connectivity index (χ1) is 15.9. The Balaban J connectivity index is 1.29. The fourth-order valence-corrected chi connectivity index (χ4v) is 5.23. The van der Waals surface area contributed by atoms with Crippen molar-refractivity contribution in [2.75, 3.05) is 25.0 Å². The van der Waals surface area contributed by atoms with E-state index in [9.17, 15) is 13.2 Å². The summed E-state index contributed by atoms with van der Waals surface area (Å²) in [6.07, 6.45) is -0.205. The molecule has 1 N–H and O–H groups in total. The lowest BCUT2D eigenvalue weighted by atomic mass is 10.1. The van der Waals surface area contributed by atoms with Crippen LogP contribution in [-0.2, 0) is 14.8 Å². The van der Waals surface area contributed by atoms with Crippen LogP contribution in [0.3, 0.4) is 0 Å². The number of sulfonamides is 1. The molecule has 3 aromatic carbocycles. The Morgan fingerprint density at radius 2 is 1.76 bits per heavy atom. The van der Waals surface area contributed by atoms with E-state index in [2.05, 4.69) is 9.71 Å². The molecule has 0 aromatic heterocycles. The van der Waals surface area contributed by atoms with Gasteiger partial charge < -0.3 is 15.0 Å². The van der Waals surface area contributed by atoms with Gasteiger partial charge in [0.1, 0.15) is 11.0 Å². The number of amides is 1. The van der Waals surface area contributed by atoms with Crippen molar-refractivity contribution in [3.63, 3.8) is 0 Å². The summed E-state index contributed by atoms with van der Waals surface area (Å²) in [5.41, 5.74) is 2.68. The Kier molecular flexibility index (Phi) is 5.65. The second-order valence-electron chi connectivity index (χ2n) is 7.78. The number of hydrogen-bond donors (Lipinski definition) is 1. The van der Waals surface area contributed by atoms with Crippen molar-refractivity contribution in [2.24, 2.45) is 4.40 Å². The molecule has 33 heavy (non-hydrogen) atoms. The van der Waals surface area contributed by atoms with Crippen molar-refractivity contribution in [3.05, 3.63) is 94.5 Å². The van der Waals surface area contributed by atoms with Gasteiger partial charge in [0.05, 0.1) is 13.2 Å². The van der Waals surface area contributed by atoms with Crippen LogP contribution in [0, 0.1) is 0 Å². The molecule has 168 valence electrons. The molecule has 0 bridgehead atoms. The van der Waals surface area contributed by atoms with Crippen molar-refractivity contribution in [2.45, 2.75) is 11.0 Å². The molecule has 3 aromatic rings. The third kappa shape index (κ3) is 4.37. The number of anilines is 1. The summed E-state index contributed by atoms with van der Waals surface area (Å²) >= 11 is 5.97. The number of hydrogen-bond acceptors (Lipinski definition) is 5. The number of ether oxygens (including phenoxy) is 1. The second-order valence-corrected chi connectivity index (χ2v) is 9.78. The smallest absolute Gasteiger partial charge is 0.285 e. The van der Waals surface area contributed by atoms with Crippen LogP contribution < -0.4 is 5.32 Å². The van der Waals surface area contributed by atoms with E-state index in [1.807, 2.05) is 24.3 Å². The van der Waals surface area contributed by atoms with Crippen LogP contribution in [-0.4, -0.2) is 44.8 Å². The molecule has 1 saturated heterocycles. The van der Waals surface area contributed by atoms with Gasteiger partial charge in [-0.3, -0.25) is 4.79 Å². The quantitative estimate of drug-likeness (QED) is 0.608. The van der Waals surface area contributed by atoms with Crippen LogP contribution in [0.4, 0.5) is 5.69 Å². The van der Waals surface area contributed by atoms with Gasteiger partial charge in [0, 0.05) is 28.4 Å². The van der Waals surface area contributed by atoms with Crippen LogP contribution in [0.2, 0.25) is 5.02 Å². The van der Waals surface area contributed by atoms with Crippen LogP contribution in [0.15, 0.2) is 82.1 Å². The van der Waals surface area contributed by atoms with Crippen LogP contribution in [0.1, 0.15) is 27.6 Å². The highest BCUT2D eigenvalue weighted by molar-refractivity contribution is 7.90. The SMILES string of the molecule is O=C(c1ccc(NC2=NS(=O)(=O)c3ccccc32)cc1)N1CCOC(c2ccc(Cl)cc2)C1. The number of fused-ring (bicyclic) bond motifs is 1. The molecule has 0 saturated carbocycles. The number of nitrogens with one attached hydrogen (secondary N) is 1. The number of amidine groups is 1. The van der Waals surface area contributed by atoms with Gasteiger partial charge in [-0.1, -0.05) is 35.9 Å². The van der Waals surface area contributed by atoms with E-state index >= 15 is 0 Å². The Morgan fingerprint density at radius 1 is 1.03 bits per heavy atom. The molecule has 2 aliphatic heterocycles. The number of benzene rings is 3. The standard InChI is InChI=1S/C24H20ClN3O4S/c25-18-9-5-16(6-10-18)21-15-28(13-14-32-21)24(29)17-7-11-19(12-8-17)26-23-20-3-1-2-4-22(20)33(30,31)27-23/h1-12,21H,13-15H2,(H,26,27). The molecular formula is C24H20ClN3O4S. The molecular weight excluding hydrogens is 462 g/mol. The summed E-state index contributed by atoms with van der Waals surface area (Å²) in [6, 6.07) is 21.0. The summed E-state index contributed by atoms with van der Waals surface area (Å²) in [4.78, 5) is 15.0. The Morgan fingerprint density at radius 3 is 2.52 bits per heavy atom. The van der Waals surface area contributed by atoms with Crippen LogP contribution >= 0.6 is 11.6 Å². The zero-order valence-electron chi connectivity index (χ0n) is 17.4. The van der Waals surface area contributed by atoms with E-state index in [1.165, 1.54) is 6.07 Å². The van der Waals surface area contributed by atoms with Gasteiger partial charge in [-0.15, -0.1) is 4.40 Å². The number of carbonyl (C=O) groups is 1. The van der Waals surface area contributed by atoms with Gasteiger partial charge in [0.15, 0.2) is 5.84 Å². The van der Waals surface area contributed by atoms with Gasteiger partial charge in [-0.05, 0) is 54.1 Å². The van der Waals surface area contributed by atoms with Crippen molar-refractivity contribution in [3.8, 4) is 0 Å². The summed E-state index contributed by atoms with van der Waals surface area (Å²) < 4.78 is 34.1. The third-order valence-electron chi connectivity index (χ3n) is 5.62. The topological polar surface area (TPSA) is 88.1 Å². The molecule has 2 heterocycles. The molecule has 0 aliphatic carbocycles. The fourth-order valence-electron chi connectivity index (χ4n) is 3.92. The molecule has 9 heteroatoms. The molecule has 1 amide bonds. The van der Waals surface area contributed by atoms with Crippen LogP contribution in [0.5, 0.6) is 0 Å². The van der Waals surface area contributed by atoms with Gasteiger partial charge in [0.25, 0.3) is 15.9 Å². The maximum absolute atomic E-state index is 13.1. The van der Waals surface area contributed by atoms with Crippen molar-refractivity contribution in [1.29, 1.82) is 0 Å². The Bertz CT molecular complexity index is 1340. The van der Waals surface area contributed by atoms with Crippen molar-refractivity contribution < 1.29 is 17.9 Å². The Hall–Kier alpha value is -3.20. The fraction of sp³-hybridized carbons (Fsp3) is 0.167. The highest BCUT2D eigenvalue weighted by Crippen LogP contribution is 2.27. The molecule has 1 unspecified atom stereocenters. The normalized spacial score (nSPS) is 19.0. The molecule has 1 atom stereocenters. The number of morpholine rings is 1. The first-order valence-electron chi connectivity index (χ1n) is 10.4. The Labute approximate surface area is 196 Å². The average Bonchev–Trinajstić information content (AvgIpc) is 3.09. The van der Waals surface area contributed by atoms with Gasteiger partial charge in [-0.25, -0.2) is 0 Å². The molecule has 7 nitrogen and oxygen atoms in total. The number of halogens is 1. The van der Waals surface area contributed by atoms with E-state index in [4.69, 9.17) is 16.3 Å². The zero-order valence-corrected chi connectivity index (χ0v) is 19.0. The first kappa shape index (κ1) is 21.6. The molecule has 2 aliphatic rings. The van der Waals surface area contributed by atoms with E-state index in [-0.39, 0.29) is 22.7 Å². The van der Waals surface area contributed by atoms with E-state index in [1.54, 1.807) is 47.4 Å². The minimum atomic E-state index is -3.70. The van der Waals surface area contributed by atoms with Gasteiger partial charge in [-0.2, -0.15) is 8.42 Å². The summed E-state index contributed by atoms with van der Waals surface area (Å²) in [5.74, 6) is 0.179. The lowest BCUT2D eigenvalue weighted by Crippen LogP contribution is -2.42. The predicted octanol–water partition coefficient (Wildman–Crippen LogP) is 4.11. The van der Waals surface area contributed by atoms with E-state index in [0.29, 0.717) is 41.5 Å². The summed E-state index contributed by atoms with van der Waals surface area (Å²) in [6.45, 7) is 1.41. The summed E-state index contributed by atoms with van der Waals surface area (Å²) in [5, 5.41) is 3.70. The second kappa shape index (κ2) is 8.62. The minimum absolute atomic E-state index is 0.0880. The molecule has 0 radical (unpaired) electrons. The highest BCUT2D eigenvalue weighted by atomic mass is 35.5. The molecule has 5 rings (SSSR count). The first-order valence-corrected chi connectivity index (χ1v) is 12.2. The highest BCUT2D eigenvalue weighted by Gasteiger charge is 2.29. The number of carbonyl (C=O) groups excluding carboxylic acids is 1. The molecule has 0 spiro atoms. The minimum Gasteiger partial charge on any atom is -0.370 e. The van der Waals surface area contributed by atoms with E-state index in [0.717, 1.165) is 5.56 Å². The zero-order chi connectivity index (χ0) is 23.0. The van der Waals surface area contributed by atoms with Crippen molar-refractivity contribution in [1.82, 2.24) is 4.90 Å². The average molecular weight is 482 g/mol. The lowest BCUT2D eigenvalue weighted by molar-refractivity contribution is -0.0228. The largest absolute Gasteiger partial charge is 0.370 e. The molecule has 1 fully saturated rings. The maximum Gasteiger partial charge on any atom is 0.285 e. The predicted molar refractivity (Wildman–Crippen MR) is 126 cm³/mol. The monoisotopic (exact) mass is 481 g/mol. The lowest BCUT2D eigenvalue weighted by Gasteiger charge is -2.33. The van der Waals surface area contributed by atoms with Crippen LogP contribution in [0.25, 0.3) is 0 Å². The van der Waals surface area contributed by atoms with Gasteiger partial charge >= 0.3 is 0 Å². The van der Waals surface area contributed by atoms with Crippen molar-refractivity contribution >= 4 is 39.1 Å².